The van der Waals surface area contributed by atoms with Gasteiger partial charge >= 0.3 is 0 Å². The van der Waals surface area contributed by atoms with Crippen LogP contribution in [0.5, 0.6) is 5.75 Å². The van der Waals surface area contributed by atoms with Crippen molar-refractivity contribution in [1.82, 2.24) is 4.90 Å². The van der Waals surface area contributed by atoms with Crippen LogP contribution in [0.3, 0.4) is 0 Å². The third kappa shape index (κ3) is 5.94. The summed E-state index contributed by atoms with van der Waals surface area (Å²) in [4.78, 5) is 9.82. The molecule has 156 valence electrons. The van der Waals surface area contributed by atoms with Gasteiger partial charge in [-0.3, -0.25) is 4.90 Å². The van der Waals surface area contributed by atoms with E-state index in [0.717, 1.165) is 61.9 Å². The molecule has 6 heteroatoms. The molecule has 0 saturated carbocycles. The summed E-state index contributed by atoms with van der Waals surface area (Å²) in [7, 11) is 1.54. The van der Waals surface area contributed by atoms with E-state index in [0.29, 0.717) is 0 Å². The van der Waals surface area contributed by atoms with Crippen LogP contribution in [0.1, 0.15) is 25.8 Å². The lowest BCUT2D eigenvalue weighted by Gasteiger charge is -2.37. The highest BCUT2D eigenvalue weighted by Gasteiger charge is 2.20. The van der Waals surface area contributed by atoms with E-state index in [2.05, 4.69) is 40.9 Å². The summed E-state index contributed by atoms with van der Waals surface area (Å²) >= 11 is 0. The second-order valence-corrected chi connectivity index (χ2v) is 7.44. The third-order valence-corrected chi connectivity index (χ3v) is 4.98. The van der Waals surface area contributed by atoms with Gasteiger partial charge in [0.25, 0.3) is 0 Å². The molecule has 0 bridgehead atoms. The van der Waals surface area contributed by atoms with Crippen molar-refractivity contribution in [2.24, 2.45) is 5.16 Å². The van der Waals surface area contributed by atoms with Crippen molar-refractivity contribution in [1.29, 1.82) is 0 Å². The molecule has 1 fully saturated rings. The highest BCUT2D eigenvalue weighted by Crippen LogP contribution is 2.29. The summed E-state index contributed by atoms with van der Waals surface area (Å²) in [5.41, 5.74) is 2.89. The molecule has 1 aliphatic rings. The number of rotatable bonds is 8. The van der Waals surface area contributed by atoms with Crippen molar-refractivity contribution in [3.63, 3.8) is 0 Å². The molecule has 1 aliphatic heterocycles. The second kappa shape index (κ2) is 10.3. The van der Waals surface area contributed by atoms with Gasteiger partial charge in [-0.15, -0.1) is 0 Å². The Morgan fingerprint density at radius 3 is 2.38 bits per heavy atom. The predicted octanol–water partition coefficient (Wildman–Crippen LogP) is 4.18. The molecule has 3 rings (SSSR count). The lowest BCUT2D eigenvalue weighted by molar-refractivity contribution is 0.211. The number of para-hydroxylation sites is 2. The van der Waals surface area contributed by atoms with Crippen LogP contribution in [0.15, 0.2) is 53.7 Å². The number of hydrogen-bond donors (Lipinski definition) is 0. The molecule has 1 heterocycles. The Bertz CT molecular complexity index is 800. The van der Waals surface area contributed by atoms with Crippen LogP contribution < -0.4 is 9.64 Å². The first-order valence-electron chi connectivity index (χ1n) is 10.2. The Kier molecular flexibility index (Phi) is 7.47. The smallest absolute Gasteiger partial charge is 0.142 e. The highest BCUT2D eigenvalue weighted by molar-refractivity contribution is 6.00. The van der Waals surface area contributed by atoms with E-state index in [9.17, 15) is 4.39 Å². The van der Waals surface area contributed by atoms with Crippen LogP contribution in [0, 0.1) is 5.82 Å². The van der Waals surface area contributed by atoms with Crippen molar-refractivity contribution < 1.29 is 14.0 Å². The van der Waals surface area contributed by atoms with E-state index in [1.54, 1.807) is 19.2 Å². The SMILES string of the molecule is CO/N=C(\CCN1CCN(c2ccccc2OC(C)C)CC1)c1ccc(F)cc1. The van der Waals surface area contributed by atoms with E-state index in [-0.39, 0.29) is 11.9 Å². The Balaban J connectivity index is 1.56. The summed E-state index contributed by atoms with van der Waals surface area (Å²) in [5.74, 6) is 0.699. The Labute approximate surface area is 172 Å². The number of ether oxygens (including phenoxy) is 1. The van der Waals surface area contributed by atoms with Gasteiger partial charge in [-0.2, -0.15) is 0 Å². The molecule has 0 radical (unpaired) electrons. The maximum Gasteiger partial charge on any atom is 0.142 e. The van der Waals surface area contributed by atoms with Gasteiger partial charge in [0.1, 0.15) is 18.7 Å². The van der Waals surface area contributed by atoms with Crippen LogP contribution in [-0.4, -0.2) is 56.5 Å². The quantitative estimate of drug-likeness (QED) is 0.493. The topological polar surface area (TPSA) is 37.3 Å². The third-order valence-electron chi connectivity index (χ3n) is 4.98. The fourth-order valence-corrected chi connectivity index (χ4v) is 3.54. The molecule has 0 atom stereocenters. The first kappa shape index (κ1) is 21.1. The molecule has 0 amide bonds. The molecule has 0 N–H and O–H groups in total. The van der Waals surface area contributed by atoms with E-state index in [4.69, 9.17) is 9.57 Å². The fraction of sp³-hybridized carbons (Fsp3) is 0.435. The Morgan fingerprint density at radius 2 is 1.72 bits per heavy atom. The predicted molar refractivity (Wildman–Crippen MR) is 115 cm³/mol. The van der Waals surface area contributed by atoms with Gasteiger partial charge in [0.2, 0.25) is 0 Å². The minimum absolute atomic E-state index is 0.155. The van der Waals surface area contributed by atoms with Gasteiger partial charge < -0.3 is 14.5 Å². The first-order valence-corrected chi connectivity index (χ1v) is 10.2. The average Bonchev–Trinajstić information content (AvgIpc) is 2.72. The number of piperazine rings is 1. The molecule has 1 saturated heterocycles. The molecular weight excluding hydrogens is 369 g/mol. The largest absolute Gasteiger partial charge is 0.489 e. The van der Waals surface area contributed by atoms with Crippen LogP contribution in [0.2, 0.25) is 0 Å². The summed E-state index contributed by atoms with van der Waals surface area (Å²) in [6.07, 6.45) is 0.911. The maximum atomic E-state index is 13.2. The number of oxime groups is 1. The van der Waals surface area contributed by atoms with Gasteiger partial charge in [0, 0.05) is 39.1 Å². The van der Waals surface area contributed by atoms with E-state index < -0.39 is 0 Å². The molecule has 2 aromatic rings. The molecule has 5 nitrogen and oxygen atoms in total. The molecule has 0 aromatic heterocycles. The van der Waals surface area contributed by atoms with Gasteiger partial charge in [0.05, 0.1) is 17.5 Å². The van der Waals surface area contributed by atoms with Crippen molar-refractivity contribution >= 4 is 11.4 Å². The lowest BCUT2D eigenvalue weighted by atomic mass is 10.1. The standard InChI is InChI=1S/C23H30FN3O2/c1-18(2)29-23-7-5-4-6-22(23)27-16-14-26(15-17-27)13-12-21(25-28-3)19-8-10-20(24)11-9-19/h4-11,18H,12-17H2,1-3H3/b25-21+. The van der Waals surface area contributed by atoms with E-state index in [1.165, 1.54) is 12.1 Å². The van der Waals surface area contributed by atoms with Crippen molar-refractivity contribution in [2.75, 3.05) is 44.7 Å². The lowest BCUT2D eigenvalue weighted by Crippen LogP contribution is -2.47. The van der Waals surface area contributed by atoms with Crippen LogP contribution in [0.25, 0.3) is 0 Å². The summed E-state index contributed by atoms with van der Waals surface area (Å²) in [6, 6.07) is 14.7. The maximum absolute atomic E-state index is 13.2. The molecular formula is C23H30FN3O2. The van der Waals surface area contributed by atoms with Crippen LogP contribution >= 0.6 is 0 Å². The zero-order chi connectivity index (χ0) is 20.6. The van der Waals surface area contributed by atoms with Gasteiger partial charge in [-0.05, 0) is 43.7 Å². The van der Waals surface area contributed by atoms with Gasteiger partial charge in [-0.1, -0.05) is 29.4 Å². The minimum atomic E-state index is -0.247. The summed E-state index contributed by atoms with van der Waals surface area (Å²) in [6.45, 7) is 8.83. The monoisotopic (exact) mass is 399 g/mol. The molecule has 0 aliphatic carbocycles. The van der Waals surface area contributed by atoms with Crippen molar-refractivity contribution in [3.05, 3.63) is 59.9 Å². The Morgan fingerprint density at radius 1 is 1.03 bits per heavy atom. The highest BCUT2D eigenvalue weighted by atomic mass is 19.1. The molecule has 0 spiro atoms. The molecule has 0 unspecified atom stereocenters. The van der Waals surface area contributed by atoms with Crippen molar-refractivity contribution in [3.8, 4) is 5.75 Å². The van der Waals surface area contributed by atoms with E-state index in [1.807, 2.05) is 12.1 Å². The van der Waals surface area contributed by atoms with Gasteiger partial charge in [-0.25, -0.2) is 4.39 Å². The van der Waals surface area contributed by atoms with Crippen LogP contribution in [0.4, 0.5) is 10.1 Å². The fourth-order valence-electron chi connectivity index (χ4n) is 3.54. The number of nitrogens with zero attached hydrogens (tertiary/aromatic N) is 3. The normalized spacial score (nSPS) is 15.6. The second-order valence-electron chi connectivity index (χ2n) is 7.44. The number of hydrogen-bond acceptors (Lipinski definition) is 5. The first-order chi connectivity index (χ1) is 14.1. The number of anilines is 1. The molecule has 2 aromatic carbocycles. The number of halogens is 1. The Hall–Kier alpha value is -2.60. The molecule has 29 heavy (non-hydrogen) atoms. The van der Waals surface area contributed by atoms with Crippen molar-refractivity contribution in [2.45, 2.75) is 26.4 Å². The van der Waals surface area contributed by atoms with Crippen LogP contribution in [-0.2, 0) is 4.84 Å². The number of benzene rings is 2. The zero-order valence-corrected chi connectivity index (χ0v) is 17.5. The van der Waals surface area contributed by atoms with E-state index >= 15 is 0 Å². The average molecular weight is 400 g/mol. The minimum Gasteiger partial charge on any atom is -0.489 e. The summed E-state index contributed by atoms with van der Waals surface area (Å²) < 4.78 is 19.2. The zero-order valence-electron chi connectivity index (χ0n) is 17.5. The van der Waals surface area contributed by atoms with Gasteiger partial charge in [0.15, 0.2) is 0 Å². The summed E-state index contributed by atoms with van der Waals surface area (Å²) in [5, 5.41) is 4.15.